The van der Waals surface area contributed by atoms with Crippen molar-refractivity contribution < 1.29 is 9.53 Å². The molecule has 0 aliphatic heterocycles. The molecule has 0 atom stereocenters. The van der Waals surface area contributed by atoms with Crippen LogP contribution in [0.15, 0.2) is 53.3 Å². The Kier molecular flexibility index (Phi) is 8.19. The highest BCUT2D eigenvalue weighted by atomic mass is 16.5. The van der Waals surface area contributed by atoms with Crippen molar-refractivity contribution in [2.75, 3.05) is 45.7 Å². The van der Waals surface area contributed by atoms with E-state index in [-0.39, 0.29) is 5.91 Å². The highest BCUT2D eigenvalue weighted by Gasteiger charge is 2.13. The third-order valence-electron chi connectivity index (χ3n) is 5.83. The zero-order valence-corrected chi connectivity index (χ0v) is 21.6. The van der Waals surface area contributed by atoms with Gasteiger partial charge in [0.25, 0.3) is 0 Å². The average molecular weight is 504 g/mol. The smallest absolute Gasteiger partial charge is 0.345 e. The normalized spacial score (nSPS) is 11.3. The van der Waals surface area contributed by atoms with E-state index < -0.39 is 5.69 Å². The Morgan fingerprint density at radius 1 is 1.16 bits per heavy atom. The first kappa shape index (κ1) is 25.9. The number of aromatic nitrogens is 4. The Balaban J connectivity index is 1.58. The van der Waals surface area contributed by atoms with E-state index in [0.717, 1.165) is 22.0 Å². The lowest BCUT2D eigenvalue weighted by Crippen LogP contribution is -2.35. The van der Waals surface area contributed by atoms with Gasteiger partial charge < -0.3 is 20.4 Å². The van der Waals surface area contributed by atoms with Gasteiger partial charge in [-0.05, 0) is 43.3 Å². The molecule has 1 amide bonds. The number of H-pyrrole nitrogens is 2. The van der Waals surface area contributed by atoms with E-state index in [1.807, 2.05) is 60.5 Å². The van der Waals surface area contributed by atoms with Gasteiger partial charge in [0.1, 0.15) is 5.75 Å². The molecule has 0 aliphatic rings. The van der Waals surface area contributed by atoms with Crippen molar-refractivity contribution in [2.45, 2.75) is 13.8 Å². The molecule has 0 saturated carbocycles. The minimum Gasteiger partial charge on any atom is -0.493 e. The van der Waals surface area contributed by atoms with Gasteiger partial charge in [-0.15, -0.1) is 0 Å². The van der Waals surface area contributed by atoms with E-state index in [1.54, 1.807) is 7.05 Å². The fourth-order valence-corrected chi connectivity index (χ4v) is 3.90. The lowest BCUT2D eigenvalue weighted by atomic mass is 10.1. The van der Waals surface area contributed by atoms with Crippen LogP contribution in [-0.2, 0) is 4.79 Å². The number of fused-ring (bicyclic) bond motifs is 1. The maximum absolute atomic E-state index is 12.5. The van der Waals surface area contributed by atoms with Crippen molar-refractivity contribution in [1.29, 1.82) is 0 Å². The lowest BCUT2D eigenvalue weighted by molar-refractivity contribution is -0.121. The minimum absolute atomic E-state index is 0.0313. The number of nitrogens with one attached hydrogen (secondary N) is 4. The molecule has 0 bridgehead atoms. The molecule has 2 aromatic carbocycles. The first-order valence-electron chi connectivity index (χ1n) is 12.3. The van der Waals surface area contributed by atoms with E-state index in [4.69, 9.17) is 4.74 Å². The monoisotopic (exact) mass is 503 g/mol. The number of para-hydroxylation sites is 1. The summed E-state index contributed by atoms with van der Waals surface area (Å²) in [5.74, 6) is 1.75. The van der Waals surface area contributed by atoms with Crippen molar-refractivity contribution in [1.82, 2.24) is 30.4 Å². The zero-order valence-electron chi connectivity index (χ0n) is 21.6. The second kappa shape index (κ2) is 11.7. The molecule has 0 unspecified atom stereocenters. The maximum Gasteiger partial charge on any atom is 0.345 e. The summed E-state index contributed by atoms with van der Waals surface area (Å²) in [5.41, 5.74) is 3.22. The Hall–Kier alpha value is -4.18. The number of rotatable bonds is 11. The molecule has 194 valence electrons. The van der Waals surface area contributed by atoms with Gasteiger partial charge in [0.15, 0.2) is 5.82 Å². The molecule has 4 aromatic rings. The number of hydrogen-bond acceptors (Lipinski definition) is 7. The van der Waals surface area contributed by atoms with E-state index in [9.17, 15) is 9.59 Å². The predicted octanol–water partition coefficient (Wildman–Crippen LogP) is 3.10. The van der Waals surface area contributed by atoms with Crippen LogP contribution in [0.1, 0.15) is 13.8 Å². The van der Waals surface area contributed by atoms with Crippen LogP contribution in [0.2, 0.25) is 0 Å². The Morgan fingerprint density at radius 2 is 1.97 bits per heavy atom. The molecule has 0 saturated heterocycles. The van der Waals surface area contributed by atoms with Crippen LogP contribution in [0.3, 0.4) is 0 Å². The number of likely N-dealkylation sites (N-methyl/N-ethyl adjacent to an activating group) is 2. The zero-order chi connectivity index (χ0) is 26.4. The average Bonchev–Trinajstić information content (AvgIpc) is 3.29. The molecular formula is C27H33N7O3. The molecule has 4 N–H and O–H groups in total. The summed E-state index contributed by atoms with van der Waals surface area (Å²) in [6.45, 7) is 6.36. The first-order chi connectivity index (χ1) is 17.8. The van der Waals surface area contributed by atoms with Gasteiger partial charge in [-0.2, -0.15) is 10.1 Å². The number of benzene rings is 2. The molecule has 0 radical (unpaired) electrons. The van der Waals surface area contributed by atoms with Crippen LogP contribution in [0, 0.1) is 5.92 Å². The fourth-order valence-electron chi connectivity index (χ4n) is 3.90. The lowest BCUT2D eigenvalue weighted by Gasteiger charge is -2.15. The van der Waals surface area contributed by atoms with Crippen LogP contribution in [0.25, 0.3) is 33.4 Å². The van der Waals surface area contributed by atoms with Gasteiger partial charge in [0.2, 0.25) is 5.91 Å². The molecular weight excluding hydrogens is 470 g/mol. The third kappa shape index (κ3) is 6.53. The molecule has 10 nitrogen and oxygen atoms in total. The number of ether oxygens (including phenoxy) is 1. The van der Waals surface area contributed by atoms with Gasteiger partial charge in [-0.1, -0.05) is 32.0 Å². The molecule has 0 fully saturated rings. The second-order valence-corrected chi connectivity index (χ2v) is 9.36. The summed E-state index contributed by atoms with van der Waals surface area (Å²) in [6, 6.07) is 15.3. The van der Waals surface area contributed by atoms with Gasteiger partial charge in [0.05, 0.1) is 30.1 Å². The predicted molar refractivity (Wildman–Crippen MR) is 146 cm³/mol. The summed E-state index contributed by atoms with van der Waals surface area (Å²) in [7, 11) is 3.51. The molecule has 37 heavy (non-hydrogen) atoms. The van der Waals surface area contributed by atoms with Crippen LogP contribution < -0.4 is 21.1 Å². The SMILES string of the molecule is CNC(=O)CN(C)CCNc1n[nH]c2ccc(-c3cc(-c4ccccc4OCC(C)C)[nH]c(=O)n3)cc12. The van der Waals surface area contributed by atoms with E-state index >= 15 is 0 Å². The molecule has 2 aromatic heterocycles. The Morgan fingerprint density at radius 3 is 2.76 bits per heavy atom. The number of carbonyl (C=O) groups excluding carboxylic acids is 1. The van der Waals surface area contributed by atoms with Crippen molar-refractivity contribution in [3.05, 3.63) is 59.0 Å². The molecule has 2 heterocycles. The Labute approximate surface area is 215 Å². The summed E-state index contributed by atoms with van der Waals surface area (Å²) >= 11 is 0. The number of carbonyl (C=O) groups is 1. The molecule has 0 aliphatic carbocycles. The van der Waals surface area contributed by atoms with Gasteiger partial charge in [-0.3, -0.25) is 14.8 Å². The maximum atomic E-state index is 12.5. The highest BCUT2D eigenvalue weighted by Crippen LogP contribution is 2.31. The summed E-state index contributed by atoms with van der Waals surface area (Å²) in [4.78, 5) is 33.1. The van der Waals surface area contributed by atoms with Crippen LogP contribution in [0.4, 0.5) is 5.82 Å². The van der Waals surface area contributed by atoms with E-state index in [0.29, 0.717) is 55.1 Å². The summed E-state index contributed by atoms with van der Waals surface area (Å²) in [6.07, 6.45) is 0. The first-order valence-corrected chi connectivity index (χ1v) is 12.3. The van der Waals surface area contributed by atoms with Crippen LogP contribution in [0.5, 0.6) is 5.75 Å². The fraction of sp³-hybridized carbons (Fsp3) is 0.333. The van der Waals surface area contributed by atoms with Crippen molar-refractivity contribution >= 4 is 22.6 Å². The quantitative estimate of drug-likeness (QED) is 0.248. The van der Waals surface area contributed by atoms with Crippen molar-refractivity contribution in [3.8, 4) is 28.3 Å². The van der Waals surface area contributed by atoms with Gasteiger partial charge in [0, 0.05) is 36.7 Å². The van der Waals surface area contributed by atoms with Gasteiger partial charge >= 0.3 is 5.69 Å². The number of amides is 1. The van der Waals surface area contributed by atoms with E-state index in [1.165, 1.54) is 0 Å². The largest absolute Gasteiger partial charge is 0.493 e. The van der Waals surface area contributed by atoms with Crippen LogP contribution in [-0.4, -0.2) is 71.3 Å². The second-order valence-electron chi connectivity index (χ2n) is 9.36. The van der Waals surface area contributed by atoms with Crippen LogP contribution >= 0.6 is 0 Å². The van der Waals surface area contributed by atoms with Crippen molar-refractivity contribution in [3.63, 3.8) is 0 Å². The highest BCUT2D eigenvalue weighted by molar-refractivity contribution is 5.93. The Bertz CT molecular complexity index is 1430. The molecule has 4 rings (SSSR count). The van der Waals surface area contributed by atoms with Crippen molar-refractivity contribution in [2.24, 2.45) is 5.92 Å². The molecule has 0 spiro atoms. The number of nitrogens with zero attached hydrogens (tertiary/aromatic N) is 3. The van der Waals surface area contributed by atoms with Gasteiger partial charge in [-0.25, -0.2) is 4.79 Å². The number of anilines is 1. The summed E-state index contributed by atoms with van der Waals surface area (Å²) in [5, 5.41) is 14.3. The third-order valence-corrected chi connectivity index (χ3v) is 5.83. The number of hydrogen-bond donors (Lipinski definition) is 4. The number of aromatic amines is 2. The standard InChI is InChI=1S/C27H33N7O3/c1-17(2)16-37-24-8-6-5-7-19(24)23-14-22(30-27(36)31-23)18-9-10-21-20(13-18)26(33-32-21)29-11-12-34(4)15-25(35)28-3/h5-10,13-14,17H,11-12,15-16H2,1-4H3,(H,28,35)(H2,29,32,33)(H,30,31,36). The molecule has 10 heteroatoms. The topological polar surface area (TPSA) is 128 Å². The van der Waals surface area contributed by atoms with E-state index in [2.05, 4.69) is 44.6 Å². The summed E-state index contributed by atoms with van der Waals surface area (Å²) < 4.78 is 5.99. The minimum atomic E-state index is -0.434.